The SMILES string of the molecule is COc1cc(C=O)cc(-c2cc(CO)cc(OC)c2O)c1O. The number of methoxy groups -OCH3 is 2. The van der Waals surface area contributed by atoms with E-state index in [1.807, 2.05) is 0 Å². The Morgan fingerprint density at radius 2 is 1.50 bits per heavy atom. The van der Waals surface area contributed by atoms with Crippen LogP contribution in [-0.4, -0.2) is 35.8 Å². The van der Waals surface area contributed by atoms with E-state index >= 15 is 0 Å². The number of hydrogen-bond acceptors (Lipinski definition) is 6. The van der Waals surface area contributed by atoms with Crippen LogP contribution in [-0.2, 0) is 6.61 Å². The lowest BCUT2D eigenvalue weighted by Crippen LogP contribution is -1.94. The molecule has 0 saturated heterocycles. The van der Waals surface area contributed by atoms with Crippen molar-refractivity contribution in [1.82, 2.24) is 0 Å². The Morgan fingerprint density at radius 3 is 2.00 bits per heavy atom. The minimum atomic E-state index is -0.269. The molecule has 0 aliphatic carbocycles. The van der Waals surface area contributed by atoms with Crippen LogP contribution in [0.5, 0.6) is 23.0 Å². The molecule has 0 atom stereocenters. The second-order valence-corrected chi connectivity index (χ2v) is 4.59. The van der Waals surface area contributed by atoms with Crippen LogP contribution in [0.4, 0.5) is 0 Å². The summed E-state index contributed by atoms with van der Waals surface area (Å²) in [5.74, 6) is -0.176. The van der Waals surface area contributed by atoms with Crippen LogP contribution >= 0.6 is 0 Å². The molecule has 6 heteroatoms. The predicted octanol–water partition coefficient (Wildman–Crippen LogP) is 2.09. The van der Waals surface area contributed by atoms with Crippen molar-refractivity contribution in [2.75, 3.05) is 14.2 Å². The average molecular weight is 304 g/mol. The number of rotatable bonds is 5. The molecule has 2 aromatic rings. The van der Waals surface area contributed by atoms with Gasteiger partial charge in [0.25, 0.3) is 0 Å². The zero-order valence-electron chi connectivity index (χ0n) is 12.2. The van der Waals surface area contributed by atoms with Gasteiger partial charge in [0.2, 0.25) is 0 Å². The van der Waals surface area contributed by atoms with Gasteiger partial charge in [0.05, 0.1) is 20.8 Å². The quantitative estimate of drug-likeness (QED) is 0.732. The maximum absolute atomic E-state index is 11.0. The van der Waals surface area contributed by atoms with Crippen LogP contribution in [0.25, 0.3) is 11.1 Å². The predicted molar refractivity (Wildman–Crippen MR) is 79.6 cm³/mol. The van der Waals surface area contributed by atoms with Crippen molar-refractivity contribution < 1.29 is 29.6 Å². The van der Waals surface area contributed by atoms with Crippen molar-refractivity contribution in [1.29, 1.82) is 0 Å². The van der Waals surface area contributed by atoms with Crippen molar-refractivity contribution in [3.05, 3.63) is 35.4 Å². The number of hydrogen-bond donors (Lipinski definition) is 3. The molecule has 0 aliphatic heterocycles. The molecular formula is C16H16O6. The highest BCUT2D eigenvalue weighted by atomic mass is 16.5. The van der Waals surface area contributed by atoms with Crippen LogP contribution < -0.4 is 9.47 Å². The molecule has 0 aliphatic rings. The van der Waals surface area contributed by atoms with Gasteiger partial charge >= 0.3 is 0 Å². The van der Waals surface area contributed by atoms with Gasteiger partial charge in [-0.25, -0.2) is 0 Å². The lowest BCUT2D eigenvalue weighted by atomic mass is 9.98. The molecule has 22 heavy (non-hydrogen) atoms. The molecule has 0 aromatic heterocycles. The van der Waals surface area contributed by atoms with Crippen molar-refractivity contribution in [3.63, 3.8) is 0 Å². The Kier molecular flexibility index (Phi) is 4.53. The van der Waals surface area contributed by atoms with Crippen molar-refractivity contribution >= 4 is 6.29 Å². The summed E-state index contributed by atoms with van der Waals surface area (Å²) in [7, 11) is 2.74. The average Bonchev–Trinajstić information content (AvgIpc) is 2.55. The van der Waals surface area contributed by atoms with Gasteiger partial charge in [-0.2, -0.15) is 0 Å². The number of carbonyl (C=O) groups excluding carboxylic acids is 1. The first kappa shape index (κ1) is 15.7. The Balaban J connectivity index is 2.78. The Hall–Kier alpha value is -2.73. The molecule has 2 aromatic carbocycles. The highest BCUT2D eigenvalue weighted by Gasteiger charge is 2.18. The van der Waals surface area contributed by atoms with Crippen LogP contribution in [0.15, 0.2) is 24.3 Å². The third-order valence-electron chi connectivity index (χ3n) is 3.28. The fraction of sp³-hybridized carbons (Fsp3) is 0.188. The molecule has 116 valence electrons. The molecule has 0 bridgehead atoms. The van der Waals surface area contributed by atoms with Crippen LogP contribution in [0, 0.1) is 0 Å². The maximum Gasteiger partial charge on any atom is 0.165 e. The standard InChI is InChI=1S/C16H16O6/c1-21-13-5-9(7-17)3-11(15(13)19)12-4-10(8-18)6-14(22-2)16(12)20/h3-7,18-20H,8H2,1-2H3. The largest absolute Gasteiger partial charge is 0.504 e. The molecule has 0 heterocycles. The van der Waals surface area contributed by atoms with E-state index < -0.39 is 0 Å². The summed E-state index contributed by atoms with van der Waals surface area (Å²) < 4.78 is 10.1. The van der Waals surface area contributed by atoms with Gasteiger partial charge in [-0.1, -0.05) is 0 Å². The molecule has 2 rings (SSSR count). The summed E-state index contributed by atoms with van der Waals surface area (Å²) in [6.45, 7) is -0.269. The summed E-state index contributed by atoms with van der Waals surface area (Å²) >= 11 is 0. The van der Waals surface area contributed by atoms with E-state index in [9.17, 15) is 20.1 Å². The summed E-state index contributed by atoms with van der Waals surface area (Å²) in [5, 5.41) is 29.8. The molecule has 0 saturated carbocycles. The summed E-state index contributed by atoms with van der Waals surface area (Å²) in [6, 6.07) is 5.79. The van der Waals surface area contributed by atoms with Gasteiger partial charge in [0, 0.05) is 16.7 Å². The van der Waals surface area contributed by atoms with Gasteiger partial charge in [0.15, 0.2) is 23.0 Å². The van der Waals surface area contributed by atoms with E-state index in [1.165, 1.54) is 38.5 Å². The first-order chi connectivity index (χ1) is 10.5. The summed E-state index contributed by atoms with van der Waals surface area (Å²) in [6.07, 6.45) is 0.607. The zero-order valence-corrected chi connectivity index (χ0v) is 12.2. The van der Waals surface area contributed by atoms with Gasteiger partial charge < -0.3 is 24.8 Å². The molecular weight excluding hydrogens is 288 g/mol. The number of ether oxygens (including phenoxy) is 2. The number of phenolic OH excluding ortho intramolecular Hbond substituents is 2. The van der Waals surface area contributed by atoms with Crippen LogP contribution in [0.1, 0.15) is 15.9 Å². The summed E-state index contributed by atoms with van der Waals surface area (Å²) in [4.78, 5) is 11.0. The van der Waals surface area contributed by atoms with Gasteiger partial charge in [-0.05, 0) is 29.8 Å². The van der Waals surface area contributed by atoms with Crippen molar-refractivity contribution in [2.45, 2.75) is 6.61 Å². The van der Waals surface area contributed by atoms with Crippen molar-refractivity contribution in [3.8, 4) is 34.1 Å². The minimum absolute atomic E-state index is 0.104. The lowest BCUT2D eigenvalue weighted by Gasteiger charge is -2.14. The Morgan fingerprint density at radius 1 is 0.955 bits per heavy atom. The minimum Gasteiger partial charge on any atom is -0.504 e. The normalized spacial score (nSPS) is 10.3. The van der Waals surface area contributed by atoms with E-state index in [0.717, 1.165) is 0 Å². The third-order valence-corrected chi connectivity index (χ3v) is 3.28. The molecule has 0 spiro atoms. The second kappa shape index (κ2) is 6.36. The van der Waals surface area contributed by atoms with E-state index in [2.05, 4.69) is 0 Å². The summed E-state index contributed by atoms with van der Waals surface area (Å²) in [5.41, 5.74) is 1.19. The Labute approximate surface area is 127 Å². The smallest absolute Gasteiger partial charge is 0.165 e. The number of aliphatic hydroxyl groups is 1. The van der Waals surface area contributed by atoms with Crippen molar-refractivity contribution in [2.24, 2.45) is 0 Å². The van der Waals surface area contributed by atoms with Crippen LogP contribution in [0.2, 0.25) is 0 Å². The fourth-order valence-electron chi connectivity index (χ4n) is 2.18. The zero-order chi connectivity index (χ0) is 16.3. The molecule has 6 nitrogen and oxygen atoms in total. The number of benzene rings is 2. The number of aromatic hydroxyl groups is 2. The molecule has 0 radical (unpaired) electrons. The first-order valence-electron chi connectivity index (χ1n) is 6.43. The fourth-order valence-corrected chi connectivity index (χ4v) is 2.18. The third kappa shape index (κ3) is 2.68. The van der Waals surface area contributed by atoms with E-state index in [1.54, 1.807) is 0 Å². The van der Waals surface area contributed by atoms with Gasteiger partial charge in [0.1, 0.15) is 6.29 Å². The number of phenols is 2. The highest BCUT2D eigenvalue weighted by Crippen LogP contribution is 2.45. The molecule has 0 amide bonds. The van der Waals surface area contributed by atoms with Gasteiger partial charge in [-0.15, -0.1) is 0 Å². The number of aliphatic hydroxyl groups excluding tert-OH is 1. The molecule has 0 fully saturated rings. The second-order valence-electron chi connectivity index (χ2n) is 4.59. The van der Waals surface area contributed by atoms with E-state index in [0.29, 0.717) is 11.8 Å². The van der Waals surface area contributed by atoms with E-state index in [4.69, 9.17) is 9.47 Å². The lowest BCUT2D eigenvalue weighted by molar-refractivity contribution is 0.112. The maximum atomic E-state index is 11.0. The molecule has 3 N–H and O–H groups in total. The van der Waals surface area contributed by atoms with Crippen LogP contribution in [0.3, 0.4) is 0 Å². The van der Waals surface area contributed by atoms with E-state index in [-0.39, 0.29) is 46.3 Å². The highest BCUT2D eigenvalue weighted by molar-refractivity contribution is 5.86. The monoisotopic (exact) mass is 304 g/mol. The number of aldehydes is 1. The topological polar surface area (TPSA) is 96.2 Å². The number of carbonyl (C=O) groups is 1. The Bertz CT molecular complexity index is 708. The molecule has 0 unspecified atom stereocenters. The first-order valence-corrected chi connectivity index (χ1v) is 6.43. The van der Waals surface area contributed by atoms with Gasteiger partial charge in [-0.3, -0.25) is 4.79 Å².